The molecule has 32 heavy (non-hydrogen) atoms. The van der Waals surface area contributed by atoms with Gasteiger partial charge in [0.1, 0.15) is 11.9 Å². The third-order valence-electron chi connectivity index (χ3n) is 5.92. The quantitative estimate of drug-likeness (QED) is 0.630. The first kappa shape index (κ1) is 21.7. The number of aryl methyl sites for hydroxylation is 1. The highest BCUT2D eigenvalue weighted by atomic mass is 19.1. The number of methoxy groups -OCH3 is 1. The number of nitriles is 1. The largest absolute Gasteiger partial charge is 0.419 e. The summed E-state index contributed by atoms with van der Waals surface area (Å²) >= 11 is 0. The summed E-state index contributed by atoms with van der Waals surface area (Å²) in [6, 6.07) is 11.0. The Hall–Kier alpha value is -3.48. The third kappa shape index (κ3) is 3.79. The molecule has 1 aliphatic rings. The highest BCUT2D eigenvalue weighted by molar-refractivity contribution is 5.87. The van der Waals surface area contributed by atoms with Crippen LogP contribution in [0.15, 0.2) is 45.6 Å². The molecule has 0 radical (unpaired) electrons. The van der Waals surface area contributed by atoms with Crippen LogP contribution in [0, 0.1) is 17.1 Å². The van der Waals surface area contributed by atoms with Crippen LogP contribution in [0.25, 0.3) is 22.2 Å². The fourth-order valence-electron chi connectivity index (χ4n) is 4.03. The molecule has 8 nitrogen and oxygen atoms in total. The van der Waals surface area contributed by atoms with Gasteiger partial charge in [0, 0.05) is 33.7 Å². The number of nitrogens with zero attached hydrogens (tertiary/aromatic N) is 3. The number of oxazole rings is 1. The summed E-state index contributed by atoms with van der Waals surface area (Å²) in [6.45, 7) is 0.867. The van der Waals surface area contributed by atoms with Crippen LogP contribution in [-0.2, 0) is 23.0 Å². The van der Waals surface area contributed by atoms with E-state index in [1.54, 1.807) is 37.4 Å². The maximum atomic E-state index is 14.9. The van der Waals surface area contributed by atoms with Crippen molar-refractivity contribution in [3.05, 3.63) is 58.3 Å². The molecule has 2 heterocycles. The molecule has 1 aliphatic heterocycles. The number of likely N-dealkylation sites (N-methyl/N-ethyl adjacent to an activating group) is 1. The van der Waals surface area contributed by atoms with E-state index in [0.29, 0.717) is 35.3 Å². The first-order valence-corrected chi connectivity index (χ1v) is 10.1. The minimum Gasteiger partial charge on any atom is -0.408 e. The van der Waals surface area contributed by atoms with Crippen molar-refractivity contribution < 1.29 is 18.3 Å². The monoisotopic (exact) mass is 438 g/mol. The second kappa shape index (κ2) is 8.22. The number of amides is 1. The van der Waals surface area contributed by atoms with Crippen molar-refractivity contribution in [2.45, 2.75) is 18.1 Å². The fourth-order valence-corrected chi connectivity index (χ4v) is 4.03. The Morgan fingerprint density at radius 2 is 1.97 bits per heavy atom. The van der Waals surface area contributed by atoms with Crippen LogP contribution in [0.3, 0.4) is 0 Å². The Bertz CT molecular complexity index is 1280. The Morgan fingerprint density at radius 3 is 2.59 bits per heavy atom. The van der Waals surface area contributed by atoms with Crippen molar-refractivity contribution in [2.24, 2.45) is 7.05 Å². The number of rotatable bonds is 6. The van der Waals surface area contributed by atoms with Crippen molar-refractivity contribution in [2.75, 3.05) is 27.2 Å². The van der Waals surface area contributed by atoms with Gasteiger partial charge in [-0.25, -0.2) is 9.18 Å². The number of likely N-dealkylation sites (tertiary alicyclic amines) is 1. The molecular formula is C23H23FN4O4. The lowest BCUT2D eigenvalue weighted by Crippen LogP contribution is -2.69. The number of hydrogen-bond donors (Lipinski definition) is 1. The van der Waals surface area contributed by atoms with E-state index in [-0.39, 0.29) is 12.3 Å². The summed E-state index contributed by atoms with van der Waals surface area (Å²) in [5.41, 5.74) is 1.75. The first-order valence-electron chi connectivity index (χ1n) is 10.1. The van der Waals surface area contributed by atoms with E-state index in [4.69, 9.17) is 9.15 Å². The molecule has 1 N–H and O–H groups in total. The van der Waals surface area contributed by atoms with Crippen LogP contribution in [0.4, 0.5) is 4.39 Å². The number of hydrogen-bond acceptors (Lipinski definition) is 6. The summed E-state index contributed by atoms with van der Waals surface area (Å²) in [6.07, 6.45) is 0.0270. The van der Waals surface area contributed by atoms with Crippen LogP contribution in [-0.4, -0.2) is 54.3 Å². The lowest BCUT2D eigenvalue weighted by Gasteiger charge is -2.45. The molecular weight excluding hydrogens is 415 g/mol. The predicted octanol–water partition coefficient (Wildman–Crippen LogP) is 1.82. The molecule has 1 aromatic heterocycles. The lowest BCUT2D eigenvalue weighted by atomic mass is 9.92. The Morgan fingerprint density at radius 1 is 1.28 bits per heavy atom. The highest BCUT2D eigenvalue weighted by Gasteiger charge is 2.48. The maximum Gasteiger partial charge on any atom is 0.419 e. The standard InChI is InChI=1S/C23H23FN4O4/c1-27-12-23(13-27,31-3)21(29)26-17(11-25)8-16-5-4-14(9-18(16)24)15-6-7-20-19(10-15)28(2)22(30)32-20/h4-7,9-10,17H,8,12-13H2,1-3H3,(H,26,29)/t17-/m0/s1. The van der Waals surface area contributed by atoms with E-state index < -0.39 is 23.2 Å². The number of aromatic nitrogens is 1. The second-order valence-corrected chi connectivity index (χ2v) is 8.15. The van der Waals surface area contributed by atoms with E-state index in [1.807, 2.05) is 18.0 Å². The number of ether oxygens (including phenoxy) is 1. The molecule has 4 rings (SSSR count). The van der Waals surface area contributed by atoms with Gasteiger partial charge in [0.25, 0.3) is 5.91 Å². The number of fused-ring (bicyclic) bond motifs is 1. The van der Waals surface area contributed by atoms with Gasteiger partial charge in [0.15, 0.2) is 11.2 Å². The summed E-state index contributed by atoms with van der Waals surface area (Å²) in [4.78, 5) is 26.2. The molecule has 0 spiro atoms. The van der Waals surface area contributed by atoms with Crippen molar-refractivity contribution in [3.63, 3.8) is 0 Å². The minimum absolute atomic E-state index is 0.0270. The molecule has 1 atom stereocenters. The molecule has 3 aromatic rings. The average Bonchev–Trinajstić information content (AvgIpc) is 3.04. The van der Waals surface area contributed by atoms with Gasteiger partial charge in [-0.2, -0.15) is 5.26 Å². The lowest BCUT2D eigenvalue weighted by molar-refractivity contribution is -0.164. The van der Waals surface area contributed by atoms with Gasteiger partial charge >= 0.3 is 5.76 Å². The van der Waals surface area contributed by atoms with Crippen molar-refractivity contribution in [1.82, 2.24) is 14.8 Å². The summed E-state index contributed by atoms with van der Waals surface area (Å²) in [7, 11) is 4.94. The van der Waals surface area contributed by atoms with Gasteiger partial charge in [-0.15, -0.1) is 0 Å². The summed E-state index contributed by atoms with van der Waals surface area (Å²) < 4.78 is 26.7. The van der Waals surface area contributed by atoms with Gasteiger partial charge in [-0.05, 0) is 41.9 Å². The molecule has 166 valence electrons. The second-order valence-electron chi connectivity index (χ2n) is 8.15. The number of carbonyl (C=O) groups excluding carboxylic acids is 1. The maximum absolute atomic E-state index is 14.9. The van der Waals surface area contributed by atoms with Gasteiger partial charge in [0.05, 0.1) is 11.6 Å². The third-order valence-corrected chi connectivity index (χ3v) is 5.92. The van der Waals surface area contributed by atoms with Crippen LogP contribution in [0.2, 0.25) is 0 Å². The van der Waals surface area contributed by atoms with Gasteiger partial charge in [-0.3, -0.25) is 14.3 Å². The number of benzene rings is 2. The normalized spacial score (nSPS) is 16.3. The first-order chi connectivity index (χ1) is 15.3. The van der Waals surface area contributed by atoms with Crippen LogP contribution < -0.4 is 11.1 Å². The minimum atomic E-state index is -0.974. The van der Waals surface area contributed by atoms with Crippen molar-refractivity contribution in [3.8, 4) is 17.2 Å². The number of nitrogens with one attached hydrogen (secondary N) is 1. The molecule has 1 amide bonds. The summed E-state index contributed by atoms with van der Waals surface area (Å²) in [5, 5.41) is 12.2. The van der Waals surface area contributed by atoms with Crippen molar-refractivity contribution >= 4 is 17.0 Å². The van der Waals surface area contributed by atoms with E-state index >= 15 is 0 Å². The fraction of sp³-hybridized carbons (Fsp3) is 0.348. The van der Waals surface area contributed by atoms with E-state index in [2.05, 4.69) is 5.32 Å². The Balaban J connectivity index is 1.52. The predicted molar refractivity (Wildman–Crippen MR) is 115 cm³/mol. The van der Waals surface area contributed by atoms with Crippen LogP contribution in [0.5, 0.6) is 0 Å². The van der Waals surface area contributed by atoms with Crippen LogP contribution in [0.1, 0.15) is 5.56 Å². The molecule has 0 unspecified atom stereocenters. The van der Waals surface area contributed by atoms with Crippen LogP contribution >= 0.6 is 0 Å². The molecule has 0 bridgehead atoms. The highest BCUT2D eigenvalue weighted by Crippen LogP contribution is 2.27. The molecule has 1 fully saturated rings. The zero-order chi connectivity index (χ0) is 23.0. The van der Waals surface area contributed by atoms with Gasteiger partial charge in [-0.1, -0.05) is 18.2 Å². The van der Waals surface area contributed by atoms with Gasteiger partial charge in [0.2, 0.25) is 0 Å². The van der Waals surface area contributed by atoms with Crippen molar-refractivity contribution in [1.29, 1.82) is 5.26 Å². The SMILES string of the molecule is COC1(C(=O)N[C@H](C#N)Cc2ccc(-c3ccc4oc(=O)n(C)c4c3)cc2F)CN(C)C1. The molecule has 9 heteroatoms. The average molecular weight is 438 g/mol. The number of carbonyl (C=O) groups is 1. The Labute approximate surface area is 183 Å². The van der Waals surface area contributed by atoms with E-state index in [9.17, 15) is 19.2 Å². The Kier molecular flexibility index (Phi) is 5.59. The molecule has 0 saturated carbocycles. The smallest absolute Gasteiger partial charge is 0.408 e. The topological polar surface area (TPSA) is 100 Å². The van der Waals surface area contributed by atoms with E-state index in [0.717, 1.165) is 5.56 Å². The zero-order valence-electron chi connectivity index (χ0n) is 18.0. The molecule has 2 aromatic carbocycles. The summed E-state index contributed by atoms with van der Waals surface area (Å²) in [5.74, 6) is -1.32. The zero-order valence-corrected chi connectivity index (χ0v) is 18.0. The number of halogens is 1. The van der Waals surface area contributed by atoms with E-state index in [1.165, 1.54) is 17.7 Å². The molecule has 0 aliphatic carbocycles. The molecule has 1 saturated heterocycles. The van der Waals surface area contributed by atoms with Gasteiger partial charge < -0.3 is 14.5 Å².